The summed E-state index contributed by atoms with van der Waals surface area (Å²) in [5.74, 6) is -0.363. The number of aromatic hydroxyl groups is 1. The van der Waals surface area contributed by atoms with Gasteiger partial charge in [0.1, 0.15) is 10.0 Å². The van der Waals surface area contributed by atoms with Crippen molar-refractivity contribution in [1.29, 1.82) is 0 Å². The first kappa shape index (κ1) is 17.4. The van der Waals surface area contributed by atoms with Crippen LogP contribution in [0.3, 0.4) is 0 Å². The zero-order chi connectivity index (χ0) is 13.7. The molecule has 98 valence electrons. The van der Waals surface area contributed by atoms with Crippen molar-refractivity contribution in [3.8, 4) is 5.75 Å². The number of benzene rings is 1. The number of hydrogen-bond acceptors (Lipinski definition) is 4. The van der Waals surface area contributed by atoms with Crippen molar-refractivity contribution in [3.63, 3.8) is 0 Å². The van der Waals surface area contributed by atoms with E-state index < -0.39 is 0 Å². The predicted octanol–water partition coefficient (Wildman–Crippen LogP) is 4.75. The fourth-order valence-electron chi connectivity index (χ4n) is 0.593. The minimum Gasteiger partial charge on any atom is -0.505 e. The molecule has 9 heteroatoms. The Morgan fingerprint density at radius 2 is 1.06 bits per heavy atom. The van der Waals surface area contributed by atoms with Gasteiger partial charge in [-0.25, -0.2) is 0 Å². The highest BCUT2D eigenvalue weighted by Gasteiger charge is 2.18. The van der Waals surface area contributed by atoms with Crippen molar-refractivity contribution in [1.82, 2.24) is 5.23 Å². The van der Waals surface area contributed by atoms with Gasteiger partial charge in [0.05, 0.1) is 15.1 Å². The third kappa shape index (κ3) is 4.85. The fourth-order valence-corrected chi connectivity index (χ4v) is 1.72. The molecule has 0 aliphatic carbocycles. The van der Waals surface area contributed by atoms with Crippen LogP contribution in [-0.2, 0) is 0 Å². The van der Waals surface area contributed by atoms with Crippen LogP contribution in [0.4, 0.5) is 0 Å². The SMILES string of the molecule is CCN(O)O.Oc1c(Cl)c(Cl)c(Cl)c(Cl)c1Cl. The highest BCUT2D eigenvalue weighted by molar-refractivity contribution is 6.55. The largest absolute Gasteiger partial charge is 0.505 e. The van der Waals surface area contributed by atoms with Gasteiger partial charge in [-0.05, 0) is 6.92 Å². The van der Waals surface area contributed by atoms with Crippen LogP contribution >= 0.6 is 58.0 Å². The zero-order valence-electron chi connectivity index (χ0n) is 8.39. The maximum atomic E-state index is 9.20. The maximum absolute atomic E-state index is 9.20. The molecule has 17 heavy (non-hydrogen) atoms. The molecule has 1 aromatic carbocycles. The third-order valence-electron chi connectivity index (χ3n) is 1.47. The monoisotopic (exact) mass is 341 g/mol. The van der Waals surface area contributed by atoms with Crippen LogP contribution in [0.2, 0.25) is 25.1 Å². The quantitative estimate of drug-likeness (QED) is 0.391. The van der Waals surface area contributed by atoms with E-state index in [1.165, 1.54) is 0 Å². The molecular weight excluding hydrogens is 335 g/mol. The molecule has 3 N–H and O–H groups in total. The summed E-state index contributed by atoms with van der Waals surface area (Å²) in [6.45, 7) is 1.88. The topological polar surface area (TPSA) is 63.9 Å². The van der Waals surface area contributed by atoms with Gasteiger partial charge < -0.3 is 5.11 Å². The van der Waals surface area contributed by atoms with Crippen molar-refractivity contribution in [3.05, 3.63) is 25.1 Å². The molecule has 0 aliphatic rings. The van der Waals surface area contributed by atoms with Crippen LogP contribution in [0.25, 0.3) is 0 Å². The number of halogens is 5. The van der Waals surface area contributed by atoms with E-state index in [0.717, 1.165) is 0 Å². The number of nitrogens with zero attached hydrogens (tertiary/aromatic N) is 1. The van der Waals surface area contributed by atoms with E-state index >= 15 is 0 Å². The normalized spacial score (nSPS) is 10.2. The Kier molecular flexibility index (Phi) is 7.87. The molecule has 0 fully saturated rings. The Morgan fingerprint density at radius 3 is 1.29 bits per heavy atom. The molecule has 0 atom stereocenters. The summed E-state index contributed by atoms with van der Waals surface area (Å²) in [6.07, 6.45) is 0. The summed E-state index contributed by atoms with van der Waals surface area (Å²) in [5.41, 5.74) is 0. The smallest absolute Gasteiger partial charge is 0.155 e. The molecule has 0 aromatic heterocycles. The number of phenolic OH excluding ortho intramolecular Hbond substituents is 1. The van der Waals surface area contributed by atoms with E-state index in [1.807, 2.05) is 0 Å². The second kappa shape index (κ2) is 7.71. The Labute approximate surface area is 123 Å². The lowest BCUT2D eigenvalue weighted by Crippen LogP contribution is -2.10. The lowest BCUT2D eigenvalue weighted by Gasteiger charge is -2.06. The number of hydrogen-bond donors (Lipinski definition) is 3. The van der Waals surface area contributed by atoms with E-state index in [2.05, 4.69) is 0 Å². The standard InChI is InChI=1S/C6HCl5O.C2H7NO2/c7-1-2(8)4(10)6(12)5(11)3(1)9;1-2-3(4)5/h12H;4-5H,2H2,1H3. The summed E-state index contributed by atoms with van der Waals surface area (Å²) < 4.78 is 0. The molecule has 0 spiro atoms. The van der Waals surface area contributed by atoms with Crippen molar-refractivity contribution >= 4 is 58.0 Å². The lowest BCUT2D eigenvalue weighted by molar-refractivity contribution is -0.303. The Bertz CT molecular complexity index is 294. The summed E-state index contributed by atoms with van der Waals surface area (Å²) in [4.78, 5) is 0. The molecular formula is C8H8Cl5NO3. The molecule has 0 aliphatic heterocycles. The van der Waals surface area contributed by atoms with Gasteiger partial charge in [0.2, 0.25) is 0 Å². The van der Waals surface area contributed by atoms with Crippen LogP contribution in [0, 0.1) is 0 Å². The van der Waals surface area contributed by atoms with Crippen LogP contribution < -0.4 is 0 Å². The van der Waals surface area contributed by atoms with Gasteiger partial charge >= 0.3 is 0 Å². The van der Waals surface area contributed by atoms with Crippen molar-refractivity contribution < 1.29 is 15.5 Å². The number of hydroxylamine groups is 2. The first-order valence-electron chi connectivity index (χ1n) is 4.09. The Balaban J connectivity index is 0.000000437. The predicted molar refractivity (Wildman–Crippen MR) is 69.1 cm³/mol. The average molecular weight is 343 g/mol. The zero-order valence-corrected chi connectivity index (χ0v) is 12.2. The maximum Gasteiger partial charge on any atom is 0.155 e. The van der Waals surface area contributed by atoms with Gasteiger partial charge in [0.25, 0.3) is 0 Å². The van der Waals surface area contributed by atoms with Crippen molar-refractivity contribution in [2.45, 2.75) is 6.92 Å². The molecule has 1 rings (SSSR count). The number of phenols is 1. The molecule has 0 unspecified atom stereocenters. The fraction of sp³-hybridized carbons (Fsp3) is 0.250. The highest BCUT2D eigenvalue weighted by atomic mass is 35.5. The Morgan fingerprint density at radius 1 is 0.824 bits per heavy atom. The van der Waals surface area contributed by atoms with Crippen molar-refractivity contribution in [2.24, 2.45) is 0 Å². The highest BCUT2D eigenvalue weighted by Crippen LogP contribution is 2.47. The van der Waals surface area contributed by atoms with E-state index in [0.29, 0.717) is 0 Å². The minimum atomic E-state index is -0.363. The summed E-state index contributed by atoms with van der Waals surface area (Å²) in [6, 6.07) is 0. The van der Waals surface area contributed by atoms with Gasteiger partial charge in [-0.15, -0.1) is 0 Å². The first-order chi connectivity index (χ1) is 7.73. The van der Waals surface area contributed by atoms with Crippen LogP contribution in [0.5, 0.6) is 5.75 Å². The van der Waals surface area contributed by atoms with Gasteiger partial charge in [-0.1, -0.05) is 63.2 Å². The van der Waals surface area contributed by atoms with E-state index in [9.17, 15) is 5.11 Å². The number of rotatable bonds is 1. The summed E-state index contributed by atoms with van der Waals surface area (Å²) >= 11 is 27.9. The van der Waals surface area contributed by atoms with E-state index in [-0.39, 0.29) is 42.6 Å². The third-order valence-corrected chi connectivity index (χ3v) is 3.73. The van der Waals surface area contributed by atoms with E-state index in [1.54, 1.807) is 6.92 Å². The molecule has 0 bridgehead atoms. The van der Waals surface area contributed by atoms with E-state index in [4.69, 9.17) is 68.4 Å². The van der Waals surface area contributed by atoms with Crippen LogP contribution in [0.15, 0.2) is 0 Å². The minimum absolute atomic E-state index is 0.00904. The summed E-state index contributed by atoms with van der Waals surface area (Å²) in [7, 11) is 0. The molecule has 0 amide bonds. The average Bonchev–Trinajstić information content (AvgIpc) is 2.32. The second-order valence-electron chi connectivity index (χ2n) is 2.61. The van der Waals surface area contributed by atoms with Gasteiger partial charge in [-0.2, -0.15) is 0 Å². The lowest BCUT2D eigenvalue weighted by atomic mass is 10.3. The van der Waals surface area contributed by atoms with Gasteiger partial charge in [0.15, 0.2) is 5.75 Å². The Hall–Kier alpha value is 0.350. The molecule has 0 radical (unpaired) electrons. The summed E-state index contributed by atoms with van der Waals surface area (Å²) in [5, 5.41) is 24.6. The molecule has 0 saturated carbocycles. The van der Waals surface area contributed by atoms with Crippen LogP contribution in [-0.4, -0.2) is 27.3 Å². The first-order valence-corrected chi connectivity index (χ1v) is 5.98. The molecule has 1 aromatic rings. The van der Waals surface area contributed by atoms with Gasteiger partial charge in [0, 0.05) is 6.54 Å². The second-order valence-corrected chi connectivity index (χ2v) is 4.50. The van der Waals surface area contributed by atoms with Gasteiger partial charge in [-0.3, -0.25) is 10.4 Å². The molecule has 0 saturated heterocycles. The van der Waals surface area contributed by atoms with Crippen LogP contribution in [0.1, 0.15) is 6.92 Å². The van der Waals surface area contributed by atoms with Crippen molar-refractivity contribution in [2.75, 3.05) is 6.54 Å². The molecule has 4 nitrogen and oxygen atoms in total. The molecule has 0 heterocycles.